The first-order valence-corrected chi connectivity index (χ1v) is 10.4. The Balaban J connectivity index is 1.58. The average molecular weight is 379 g/mol. The van der Waals surface area contributed by atoms with Gasteiger partial charge >= 0.3 is 0 Å². The van der Waals surface area contributed by atoms with Gasteiger partial charge in [-0.15, -0.1) is 0 Å². The molecule has 4 rings (SSSR count). The second-order valence-electron chi connectivity index (χ2n) is 6.66. The number of anilines is 3. The monoisotopic (exact) mass is 379 g/mol. The van der Waals surface area contributed by atoms with Crippen LogP contribution in [0, 0.1) is 6.92 Å². The summed E-state index contributed by atoms with van der Waals surface area (Å²) in [5, 5.41) is 0. The molecule has 2 aromatic carbocycles. The third-order valence-electron chi connectivity index (χ3n) is 4.77. The van der Waals surface area contributed by atoms with E-state index in [-0.39, 0.29) is 4.90 Å². The van der Waals surface area contributed by atoms with E-state index < -0.39 is 10.0 Å². The molecule has 6 heteroatoms. The maximum absolute atomic E-state index is 12.6. The minimum Gasteiger partial charge on any atom is -0.326 e. The summed E-state index contributed by atoms with van der Waals surface area (Å²) >= 11 is 0. The number of nitrogens with zero attached hydrogens (tertiary/aromatic N) is 2. The molecule has 0 saturated heterocycles. The first kappa shape index (κ1) is 17.5. The predicted octanol–water partition coefficient (Wildman–Crippen LogP) is 4.28. The van der Waals surface area contributed by atoms with Crippen molar-refractivity contribution in [1.29, 1.82) is 0 Å². The summed E-state index contributed by atoms with van der Waals surface area (Å²) in [6, 6.07) is 18.9. The van der Waals surface area contributed by atoms with Crippen LogP contribution in [0.4, 0.5) is 17.2 Å². The molecule has 0 aliphatic carbocycles. The van der Waals surface area contributed by atoms with Gasteiger partial charge in [0.1, 0.15) is 5.82 Å². The molecule has 0 atom stereocenters. The lowest BCUT2D eigenvalue weighted by molar-refractivity contribution is 0.600. The van der Waals surface area contributed by atoms with Crippen LogP contribution in [-0.4, -0.2) is 19.9 Å². The normalized spacial score (nSPS) is 13.9. The van der Waals surface area contributed by atoms with Crippen LogP contribution in [0.2, 0.25) is 0 Å². The molecule has 1 aromatic heterocycles. The number of nitrogens with one attached hydrogen (secondary N) is 1. The first-order chi connectivity index (χ1) is 13.0. The molecular weight excluding hydrogens is 358 g/mol. The van der Waals surface area contributed by atoms with E-state index in [1.165, 1.54) is 11.3 Å². The molecule has 3 aromatic rings. The number of fused-ring (bicyclic) bond motifs is 1. The van der Waals surface area contributed by atoms with Crippen molar-refractivity contribution in [3.05, 3.63) is 78.0 Å². The average Bonchev–Trinajstić information content (AvgIpc) is 2.68. The van der Waals surface area contributed by atoms with Gasteiger partial charge < -0.3 is 4.90 Å². The van der Waals surface area contributed by atoms with Crippen molar-refractivity contribution in [3.63, 3.8) is 0 Å². The van der Waals surface area contributed by atoms with Crippen molar-refractivity contribution in [2.75, 3.05) is 16.2 Å². The Kier molecular flexibility index (Phi) is 4.58. The smallest absolute Gasteiger partial charge is 0.262 e. The molecule has 138 valence electrons. The molecule has 0 radical (unpaired) electrons. The summed E-state index contributed by atoms with van der Waals surface area (Å²) in [7, 11) is -3.63. The van der Waals surface area contributed by atoms with Crippen molar-refractivity contribution in [2.45, 2.75) is 24.7 Å². The zero-order valence-corrected chi connectivity index (χ0v) is 15.9. The fourth-order valence-electron chi connectivity index (χ4n) is 3.45. The molecule has 0 fully saturated rings. The topological polar surface area (TPSA) is 62.3 Å². The van der Waals surface area contributed by atoms with Gasteiger partial charge in [0.05, 0.1) is 16.8 Å². The van der Waals surface area contributed by atoms with E-state index in [9.17, 15) is 8.42 Å². The predicted molar refractivity (Wildman–Crippen MR) is 108 cm³/mol. The quantitative estimate of drug-likeness (QED) is 0.735. The van der Waals surface area contributed by atoms with Crippen LogP contribution in [0.3, 0.4) is 0 Å². The summed E-state index contributed by atoms with van der Waals surface area (Å²) in [4.78, 5) is 6.96. The van der Waals surface area contributed by atoms with E-state index in [1.54, 1.807) is 37.4 Å². The van der Waals surface area contributed by atoms with Crippen molar-refractivity contribution >= 4 is 27.2 Å². The van der Waals surface area contributed by atoms with Crippen LogP contribution in [0.25, 0.3) is 0 Å². The van der Waals surface area contributed by atoms with E-state index in [0.29, 0.717) is 11.3 Å². The minimum atomic E-state index is -3.63. The lowest BCUT2D eigenvalue weighted by Gasteiger charge is -2.30. The first-order valence-electron chi connectivity index (χ1n) is 8.94. The molecule has 1 aliphatic rings. The second-order valence-corrected chi connectivity index (χ2v) is 8.31. The van der Waals surface area contributed by atoms with E-state index in [2.05, 4.69) is 32.8 Å². The Labute approximate surface area is 159 Å². The number of rotatable bonds is 4. The van der Waals surface area contributed by atoms with Crippen LogP contribution in [0.1, 0.15) is 17.5 Å². The molecule has 27 heavy (non-hydrogen) atoms. The highest BCUT2D eigenvalue weighted by Gasteiger charge is 2.20. The SMILES string of the molecule is Cc1ccccc1S(=O)(=O)Nc1ccc(N2CCCc3ccccc32)nc1. The van der Waals surface area contributed by atoms with E-state index in [0.717, 1.165) is 25.2 Å². The summed E-state index contributed by atoms with van der Waals surface area (Å²) in [5.74, 6) is 0.820. The van der Waals surface area contributed by atoms with Gasteiger partial charge in [-0.3, -0.25) is 4.72 Å². The highest BCUT2D eigenvalue weighted by molar-refractivity contribution is 7.92. The Morgan fingerprint density at radius 2 is 1.78 bits per heavy atom. The molecule has 0 saturated carbocycles. The number of aromatic nitrogens is 1. The van der Waals surface area contributed by atoms with Crippen LogP contribution in [0.5, 0.6) is 0 Å². The van der Waals surface area contributed by atoms with Crippen molar-refractivity contribution in [2.24, 2.45) is 0 Å². The van der Waals surface area contributed by atoms with Crippen LogP contribution in [0.15, 0.2) is 71.8 Å². The van der Waals surface area contributed by atoms with Gasteiger partial charge in [-0.05, 0) is 55.2 Å². The second kappa shape index (κ2) is 7.04. The summed E-state index contributed by atoms with van der Waals surface area (Å²) in [5.41, 5.74) is 3.64. The van der Waals surface area contributed by atoms with E-state index >= 15 is 0 Å². The number of benzene rings is 2. The van der Waals surface area contributed by atoms with Gasteiger partial charge in [-0.2, -0.15) is 0 Å². The molecule has 2 heterocycles. The number of aryl methyl sites for hydroxylation is 2. The zero-order chi connectivity index (χ0) is 18.9. The standard InChI is InChI=1S/C21H21N3O2S/c1-16-7-2-5-11-20(16)27(25,26)23-18-12-13-21(22-15-18)24-14-6-9-17-8-3-4-10-19(17)24/h2-5,7-8,10-13,15,23H,6,9,14H2,1H3. The van der Waals surface area contributed by atoms with Crippen LogP contribution in [-0.2, 0) is 16.4 Å². The Morgan fingerprint density at radius 3 is 2.56 bits per heavy atom. The molecule has 1 aliphatic heterocycles. The van der Waals surface area contributed by atoms with E-state index in [1.807, 2.05) is 18.2 Å². The van der Waals surface area contributed by atoms with Gasteiger partial charge in [0.15, 0.2) is 0 Å². The molecular formula is C21H21N3O2S. The van der Waals surface area contributed by atoms with Crippen LogP contribution >= 0.6 is 0 Å². The maximum Gasteiger partial charge on any atom is 0.262 e. The van der Waals surface area contributed by atoms with Crippen molar-refractivity contribution in [3.8, 4) is 0 Å². The van der Waals surface area contributed by atoms with Gasteiger partial charge in [0.25, 0.3) is 10.0 Å². The molecule has 0 unspecified atom stereocenters. The Hall–Kier alpha value is -2.86. The molecule has 5 nitrogen and oxygen atoms in total. The van der Waals surface area contributed by atoms with Gasteiger partial charge in [-0.1, -0.05) is 36.4 Å². The maximum atomic E-state index is 12.6. The lowest BCUT2D eigenvalue weighted by Crippen LogP contribution is -2.25. The van der Waals surface area contributed by atoms with Gasteiger partial charge in [0, 0.05) is 12.2 Å². The van der Waals surface area contributed by atoms with Gasteiger partial charge in [0.2, 0.25) is 0 Å². The lowest BCUT2D eigenvalue weighted by atomic mass is 10.0. The fourth-order valence-corrected chi connectivity index (χ4v) is 4.74. The fraction of sp³-hybridized carbons (Fsp3) is 0.190. The van der Waals surface area contributed by atoms with Gasteiger partial charge in [-0.25, -0.2) is 13.4 Å². The Morgan fingerprint density at radius 1 is 1.00 bits per heavy atom. The van der Waals surface area contributed by atoms with E-state index in [4.69, 9.17) is 0 Å². The van der Waals surface area contributed by atoms with Crippen molar-refractivity contribution in [1.82, 2.24) is 4.98 Å². The summed E-state index contributed by atoms with van der Waals surface area (Å²) in [6.07, 6.45) is 3.71. The minimum absolute atomic E-state index is 0.277. The highest BCUT2D eigenvalue weighted by Crippen LogP contribution is 2.32. The zero-order valence-electron chi connectivity index (χ0n) is 15.1. The van der Waals surface area contributed by atoms with Crippen molar-refractivity contribution < 1.29 is 8.42 Å². The molecule has 0 spiro atoms. The number of pyridine rings is 1. The highest BCUT2D eigenvalue weighted by atomic mass is 32.2. The number of hydrogen-bond donors (Lipinski definition) is 1. The summed E-state index contributed by atoms with van der Waals surface area (Å²) in [6.45, 7) is 2.68. The number of hydrogen-bond acceptors (Lipinski definition) is 4. The third kappa shape index (κ3) is 3.53. The van der Waals surface area contributed by atoms with Crippen LogP contribution < -0.4 is 9.62 Å². The summed E-state index contributed by atoms with van der Waals surface area (Å²) < 4.78 is 27.9. The molecule has 1 N–H and O–H groups in total. The number of para-hydroxylation sites is 1. The Bertz CT molecular complexity index is 1060. The largest absolute Gasteiger partial charge is 0.326 e. The molecule has 0 bridgehead atoms. The molecule has 0 amide bonds. The third-order valence-corrected chi connectivity index (χ3v) is 6.31. The number of sulfonamides is 1.